The van der Waals surface area contributed by atoms with Crippen LogP contribution in [0, 0.1) is 0 Å². The number of anilines is 2. The quantitative estimate of drug-likeness (QED) is 0.236. The standard InChI is InChI=1S/C19H26N8OS/c1-3-18(28)24-13-4-6-14(7-5-13)29-19-26-16(23-9-8-20)11-17(27-19)25-15(22)10-12(2)21/h4-7,10-11H,3,8-9,20-21H2,1-2H3,(H,24,28)(H3,22,23,25,26,27)/p+1. The molecule has 0 fully saturated rings. The summed E-state index contributed by atoms with van der Waals surface area (Å²) in [6, 6.07) is 9.19. The third kappa shape index (κ3) is 7.80. The number of aliphatic imine (C=N–C) groups is 1. The number of carbonyl (C=O) groups excluding carboxylic acids is 1. The molecule has 0 aliphatic heterocycles. The van der Waals surface area contributed by atoms with Gasteiger partial charge in [-0.15, -0.1) is 0 Å². The van der Waals surface area contributed by atoms with Crippen molar-refractivity contribution in [1.82, 2.24) is 9.97 Å². The Morgan fingerprint density at radius 2 is 2.00 bits per heavy atom. The maximum Gasteiger partial charge on any atom is 0.224 e. The molecule has 9 nitrogen and oxygen atoms in total. The molecular formula is C19H27N8OS+. The maximum atomic E-state index is 11.5. The average Bonchev–Trinajstić information content (AvgIpc) is 2.67. The van der Waals surface area contributed by atoms with Crippen LogP contribution in [0.4, 0.5) is 17.3 Å². The molecule has 154 valence electrons. The van der Waals surface area contributed by atoms with Crippen molar-refractivity contribution in [3.8, 4) is 0 Å². The van der Waals surface area contributed by atoms with Crippen molar-refractivity contribution in [2.24, 2.45) is 16.5 Å². The minimum atomic E-state index is -0.0280. The molecule has 9 N–H and O–H groups in total. The lowest BCUT2D eigenvalue weighted by molar-refractivity contribution is -0.362. The average molecular weight is 416 g/mol. The lowest BCUT2D eigenvalue weighted by Gasteiger charge is -2.08. The van der Waals surface area contributed by atoms with E-state index in [0.29, 0.717) is 42.0 Å². The number of benzene rings is 1. The highest BCUT2D eigenvalue weighted by Crippen LogP contribution is 2.28. The number of quaternary nitrogens is 1. The Labute approximate surface area is 174 Å². The number of amidine groups is 1. The van der Waals surface area contributed by atoms with E-state index in [1.807, 2.05) is 31.2 Å². The largest absolute Gasteiger partial charge is 0.402 e. The summed E-state index contributed by atoms with van der Waals surface area (Å²) in [6.45, 7) is 4.93. The number of aromatic nitrogens is 2. The monoisotopic (exact) mass is 415 g/mol. The molecular weight excluding hydrogens is 388 g/mol. The number of allylic oxidation sites excluding steroid dienone is 1. The molecule has 0 radical (unpaired) electrons. The Morgan fingerprint density at radius 1 is 1.28 bits per heavy atom. The van der Waals surface area contributed by atoms with Crippen molar-refractivity contribution >= 4 is 40.8 Å². The molecule has 0 saturated carbocycles. The number of nitrogens with two attached hydrogens (primary N) is 2. The normalized spacial score (nSPS) is 12.0. The molecule has 0 aliphatic carbocycles. The van der Waals surface area contributed by atoms with E-state index in [1.165, 1.54) is 11.8 Å². The van der Waals surface area contributed by atoms with Gasteiger partial charge in [-0.3, -0.25) is 4.79 Å². The summed E-state index contributed by atoms with van der Waals surface area (Å²) < 4.78 is 0. The van der Waals surface area contributed by atoms with Crippen LogP contribution < -0.4 is 27.8 Å². The van der Waals surface area contributed by atoms with Crippen LogP contribution in [0.1, 0.15) is 20.3 Å². The summed E-state index contributed by atoms with van der Waals surface area (Å²) in [7, 11) is 0. The zero-order chi connectivity index (χ0) is 21.2. The summed E-state index contributed by atoms with van der Waals surface area (Å²) >= 11 is 1.38. The molecule has 0 spiro atoms. The summed E-state index contributed by atoms with van der Waals surface area (Å²) in [5.41, 5.74) is 16.7. The molecule has 2 aromatic rings. The van der Waals surface area contributed by atoms with Gasteiger partial charge in [-0.2, -0.15) is 0 Å². The van der Waals surface area contributed by atoms with Crippen molar-refractivity contribution in [2.75, 3.05) is 23.7 Å². The minimum Gasteiger partial charge on any atom is -0.402 e. The molecule has 0 saturated heterocycles. The summed E-state index contributed by atoms with van der Waals surface area (Å²) in [4.78, 5) is 25.7. The van der Waals surface area contributed by atoms with E-state index in [2.05, 4.69) is 31.3 Å². The maximum absolute atomic E-state index is 11.5. The Kier molecular flexibility index (Phi) is 8.44. The van der Waals surface area contributed by atoms with E-state index in [0.717, 1.165) is 10.6 Å². The topological polar surface area (TPSA) is 159 Å². The van der Waals surface area contributed by atoms with Crippen LogP contribution in [-0.2, 0) is 4.79 Å². The van der Waals surface area contributed by atoms with E-state index in [4.69, 9.17) is 11.5 Å². The van der Waals surface area contributed by atoms with Gasteiger partial charge in [0.15, 0.2) is 11.0 Å². The molecule has 1 heterocycles. The number of nitrogens with one attached hydrogen (secondary N) is 2. The fourth-order valence-electron chi connectivity index (χ4n) is 2.18. The molecule has 0 bridgehead atoms. The second kappa shape index (κ2) is 11.0. The predicted octanol–water partition coefficient (Wildman–Crippen LogP) is 1.48. The highest BCUT2D eigenvalue weighted by Gasteiger charge is 2.08. The first-order chi connectivity index (χ1) is 13.9. The van der Waals surface area contributed by atoms with Gasteiger partial charge in [-0.1, -0.05) is 6.92 Å². The summed E-state index contributed by atoms with van der Waals surface area (Å²) in [6.07, 6.45) is 2.00. The van der Waals surface area contributed by atoms with Crippen LogP contribution in [0.5, 0.6) is 0 Å². The molecule has 0 atom stereocenters. The number of hydrogen-bond acceptors (Lipinski definition) is 7. The third-order valence-corrected chi connectivity index (χ3v) is 4.34. The lowest BCUT2D eigenvalue weighted by Crippen LogP contribution is -2.53. The van der Waals surface area contributed by atoms with Gasteiger partial charge < -0.3 is 27.8 Å². The van der Waals surface area contributed by atoms with Crippen LogP contribution in [0.15, 0.2) is 57.1 Å². The highest BCUT2D eigenvalue weighted by molar-refractivity contribution is 7.99. The van der Waals surface area contributed by atoms with Gasteiger partial charge in [-0.25, -0.2) is 15.0 Å². The zero-order valence-electron chi connectivity index (χ0n) is 16.6. The van der Waals surface area contributed by atoms with Crippen LogP contribution in [0.3, 0.4) is 0 Å². The van der Waals surface area contributed by atoms with Gasteiger partial charge in [0.25, 0.3) is 0 Å². The lowest BCUT2D eigenvalue weighted by atomic mass is 10.3. The first kappa shape index (κ1) is 22.2. The van der Waals surface area contributed by atoms with Crippen molar-refractivity contribution in [3.63, 3.8) is 0 Å². The van der Waals surface area contributed by atoms with E-state index in [9.17, 15) is 4.79 Å². The van der Waals surface area contributed by atoms with Gasteiger partial charge in [0.05, 0.1) is 13.1 Å². The van der Waals surface area contributed by atoms with E-state index in [-0.39, 0.29) is 11.7 Å². The molecule has 1 amide bonds. The second-order valence-electron chi connectivity index (χ2n) is 6.13. The minimum absolute atomic E-state index is 0.0280. The number of carbonyl (C=O) groups is 1. The van der Waals surface area contributed by atoms with E-state index < -0.39 is 0 Å². The molecule has 1 aromatic carbocycles. The molecule has 29 heavy (non-hydrogen) atoms. The number of amides is 1. The first-order valence-electron chi connectivity index (χ1n) is 9.17. The molecule has 10 heteroatoms. The van der Waals surface area contributed by atoms with Crippen LogP contribution in [-0.4, -0.2) is 34.8 Å². The highest BCUT2D eigenvalue weighted by atomic mass is 32.2. The van der Waals surface area contributed by atoms with Crippen molar-refractivity contribution in [3.05, 3.63) is 42.1 Å². The van der Waals surface area contributed by atoms with Gasteiger partial charge in [0.2, 0.25) is 5.91 Å². The fraction of sp³-hybridized carbons (Fsp3) is 0.263. The first-order valence-corrected chi connectivity index (χ1v) is 9.99. The van der Waals surface area contributed by atoms with Crippen molar-refractivity contribution in [2.45, 2.75) is 30.3 Å². The number of rotatable bonds is 9. The van der Waals surface area contributed by atoms with Gasteiger partial charge >= 0.3 is 0 Å². The van der Waals surface area contributed by atoms with E-state index >= 15 is 0 Å². The predicted molar refractivity (Wildman–Crippen MR) is 117 cm³/mol. The van der Waals surface area contributed by atoms with Gasteiger partial charge in [0, 0.05) is 28.8 Å². The van der Waals surface area contributed by atoms with Gasteiger partial charge in [-0.05, 0) is 49.0 Å². The summed E-state index contributed by atoms with van der Waals surface area (Å²) in [5.74, 6) is 1.30. The Hall–Kier alpha value is -3.11. The summed E-state index contributed by atoms with van der Waals surface area (Å²) in [5, 5.41) is 6.52. The SMILES string of the molecule is CCC(=O)Nc1ccc(Sc2nc(N=C(N)C=C(C)N)cc(NCC[NH3+])n2)cc1. The molecule has 0 unspecified atom stereocenters. The molecule has 0 aliphatic rings. The smallest absolute Gasteiger partial charge is 0.224 e. The van der Waals surface area contributed by atoms with E-state index in [1.54, 1.807) is 19.1 Å². The van der Waals surface area contributed by atoms with Crippen molar-refractivity contribution < 1.29 is 10.5 Å². The zero-order valence-corrected chi connectivity index (χ0v) is 17.4. The van der Waals surface area contributed by atoms with Gasteiger partial charge in [0.1, 0.15) is 11.7 Å². The molecule has 1 aromatic heterocycles. The van der Waals surface area contributed by atoms with Crippen LogP contribution in [0.25, 0.3) is 0 Å². The van der Waals surface area contributed by atoms with Crippen LogP contribution in [0.2, 0.25) is 0 Å². The Morgan fingerprint density at radius 3 is 2.62 bits per heavy atom. The molecule has 2 rings (SSSR count). The third-order valence-electron chi connectivity index (χ3n) is 3.46. The number of hydrogen-bond donors (Lipinski definition) is 5. The van der Waals surface area contributed by atoms with Crippen molar-refractivity contribution in [1.29, 1.82) is 0 Å². The Balaban J connectivity index is 2.25. The fourth-order valence-corrected chi connectivity index (χ4v) is 2.95. The van der Waals surface area contributed by atoms with Crippen LogP contribution >= 0.6 is 11.8 Å². The second-order valence-corrected chi connectivity index (χ2v) is 7.17. The Bertz CT molecular complexity index is 892. The number of nitrogens with zero attached hydrogens (tertiary/aromatic N) is 3.